The maximum absolute atomic E-state index is 3.50. The molecule has 0 bridgehead atoms. The van der Waals surface area contributed by atoms with Gasteiger partial charge in [-0.2, -0.15) is 0 Å². The van der Waals surface area contributed by atoms with Crippen LogP contribution in [0.3, 0.4) is 0 Å². The lowest BCUT2D eigenvalue weighted by atomic mass is 10.1. The maximum atomic E-state index is 3.50. The Kier molecular flexibility index (Phi) is 8.53. The third kappa shape index (κ3) is 6.94. The van der Waals surface area contributed by atoms with Crippen LogP contribution in [0.5, 0.6) is 0 Å². The fourth-order valence-corrected chi connectivity index (χ4v) is 3.72. The van der Waals surface area contributed by atoms with E-state index in [4.69, 9.17) is 0 Å². The molecule has 0 aliphatic heterocycles. The lowest BCUT2D eigenvalue weighted by molar-refractivity contribution is 0.159. The minimum absolute atomic E-state index is 0.553. The summed E-state index contributed by atoms with van der Waals surface area (Å²) in [6.45, 7) is 17.0. The average molecular weight is 311 g/mol. The summed E-state index contributed by atoms with van der Waals surface area (Å²) in [4.78, 5) is 5.63. The Bertz CT molecular complexity index is 380. The lowest BCUT2D eigenvalue weighted by Gasteiger charge is -2.31. The molecule has 1 rings (SSSR count). The number of hydrogen-bond donors (Lipinski definition) is 1. The molecule has 0 fully saturated rings. The summed E-state index contributed by atoms with van der Waals surface area (Å²) in [7, 11) is 0. The van der Waals surface area contributed by atoms with Crippen LogP contribution in [0.15, 0.2) is 12.1 Å². The number of thiophene rings is 1. The first-order valence-electron chi connectivity index (χ1n) is 8.51. The van der Waals surface area contributed by atoms with Crippen molar-refractivity contribution >= 4 is 11.3 Å². The van der Waals surface area contributed by atoms with Crippen molar-refractivity contribution in [2.75, 3.05) is 6.54 Å². The van der Waals surface area contributed by atoms with Crippen molar-refractivity contribution in [3.63, 3.8) is 0 Å². The number of nitrogens with zero attached hydrogens (tertiary/aromatic N) is 1. The summed E-state index contributed by atoms with van der Waals surface area (Å²) in [5.41, 5.74) is 0. The molecule has 0 atom stereocenters. The Morgan fingerprint density at radius 2 is 1.67 bits per heavy atom. The van der Waals surface area contributed by atoms with Gasteiger partial charge < -0.3 is 5.32 Å². The highest BCUT2D eigenvalue weighted by Crippen LogP contribution is 2.22. The second-order valence-corrected chi connectivity index (χ2v) is 7.95. The molecule has 1 aromatic rings. The predicted octanol–water partition coefficient (Wildman–Crippen LogP) is 4.89. The van der Waals surface area contributed by atoms with Gasteiger partial charge in [-0.05, 0) is 30.9 Å². The zero-order valence-corrected chi connectivity index (χ0v) is 15.6. The Hall–Kier alpha value is -0.380. The van der Waals surface area contributed by atoms with Crippen molar-refractivity contribution in [3.8, 4) is 0 Å². The topological polar surface area (TPSA) is 15.3 Å². The molecule has 0 saturated carbocycles. The molecule has 21 heavy (non-hydrogen) atoms. The Morgan fingerprint density at radius 3 is 2.19 bits per heavy atom. The molecule has 0 aromatic carbocycles. The van der Waals surface area contributed by atoms with Gasteiger partial charge in [0.2, 0.25) is 0 Å². The fourth-order valence-electron chi connectivity index (χ4n) is 2.72. The van der Waals surface area contributed by atoms with Gasteiger partial charge in [-0.1, -0.05) is 41.5 Å². The van der Waals surface area contributed by atoms with E-state index in [1.165, 1.54) is 29.1 Å². The normalized spacial score (nSPS) is 12.3. The standard InChI is InChI=1S/C18H34N2S/c1-7-16(8-2)20(12-14(3)4)13-18-10-9-17(21-18)11-19-15(5)6/h9-10,14-16,19H,7-8,11-13H2,1-6H3. The minimum atomic E-state index is 0.553. The predicted molar refractivity (Wildman–Crippen MR) is 95.9 cm³/mol. The molecule has 3 heteroatoms. The Balaban J connectivity index is 2.65. The highest BCUT2D eigenvalue weighted by Gasteiger charge is 2.17. The van der Waals surface area contributed by atoms with Crippen LogP contribution in [-0.2, 0) is 13.1 Å². The van der Waals surface area contributed by atoms with E-state index in [1.54, 1.807) is 0 Å². The quantitative estimate of drug-likeness (QED) is 0.661. The lowest BCUT2D eigenvalue weighted by Crippen LogP contribution is -2.36. The van der Waals surface area contributed by atoms with Gasteiger partial charge in [0.25, 0.3) is 0 Å². The van der Waals surface area contributed by atoms with E-state index < -0.39 is 0 Å². The van der Waals surface area contributed by atoms with Crippen molar-refractivity contribution < 1.29 is 0 Å². The van der Waals surface area contributed by atoms with Gasteiger partial charge in [0.05, 0.1) is 0 Å². The zero-order valence-electron chi connectivity index (χ0n) is 14.8. The first-order valence-corrected chi connectivity index (χ1v) is 9.32. The summed E-state index contributed by atoms with van der Waals surface area (Å²) in [5.74, 6) is 0.729. The van der Waals surface area contributed by atoms with Crippen LogP contribution in [0.1, 0.15) is 64.1 Å². The van der Waals surface area contributed by atoms with E-state index in [2.05, 4.69) is 63.9 Å². The third-order valence-corrected chi connectivity index (χ3v) is 4.89. The van der Waals surface area contributed by atoms with Gasteiger partial charge in [0.15, 0.2) is 0 Å². The van der Waals surface area contributed by atoms with Crippen molar-refractivity contribution in [1.29, 1.82) is 0 Å². The first kappa shape index (κ1) is 18.7. The second kappa shape index (κ2) is 9.60. The second-order valence-electron chi connectivity index (χ2n) is 6.70. The summed E-state index contributed by atoms with van der Waals surface area (Å²) in [6.07, 6.45) is 2.49. The average Bonchev–Trinajstić information content (AvgIpc) is 2.84. The Labute approximate surface area is 135 Å². The number of hydrogen-bond acceptors (Lipinski definition) is 3. The summed E-state index contributed by atoms with van der Waals surface area (Å²) >= 11 is 1.96. The highest BCUT2D eigenvalue weighted by atomic mass is 32.1. The molecular formula is C18H34N2S. The first-order chi connectivity index (χ1) is 9.96. The smallest absolute Gasteiger partial charge is 0.0331 e. The van der Waals surface area contributed by atoms with E-state index in [9.17, 15) is 0 Å². The molecule has 1 heterocycles. The van der Waals surface area contributed by atoms with Crippen LogP contribution in [0.25, 0.3) is 0 Å². The summed E-state index contributed by atoms with van der Waals surface area (Å²) in [5, 5.41) is 3.50. The van der Waals surface area contributed by atoms with Crippen LogP contribution in [0.4, 0.5) is 0 Å². The van der Waals surface area contributed by atoms with Crippen LogP contribution in [0.2, 0.25) is 0 Å². The van der Waals surface area contributed by atoms with E-state index in [0.717, 1.165) is 19.0 Å². The van der Waals surface area contributed by atoms with E-state index in [1.807, 2.05) is 11.3 Å². The molecule has 0 radical (unpaired) electrons. The molecular weight excluding hydrogens is 276 g/mol. The Morgan fingerprint density at radius 1 is 1.05 bits per heavy atom. The number of nitrogens with one attached hydrogen (secondary N) is 1. The highest BCUT2D eigenvalue weighted by molar-refractivity contribution is 7.11. The molecule has 0 saturated heterocycles. The molecule has 0 spiro atoms. The van der Waals surface area contributed by atoms with Crippen LogP contribution < -0.4 is 5.32 Å². The van der Waals surface area contributed by atoms with Crippen LogP contribution >= 0.6 is 11.3 Å². The fraction of sp³-hybridized carbons (Fsp3) is 0.778. The van der Waals surface area contributed by atoms with Crippen molar-refractivity contribution in [1.82, 2.24) is 10.2 Å². The van der Waals surface area contributed by atoms with Gasteiger partial charge in [-0.25, -0.2) is 0 Å². The molecule has 0 amide bonds. The van der Waals surface area contributed by atoms with Crippen LogP contribution in [0, 0.1) is 5.92 Å². The zero-order chi connectivity index (χ0) is 15.8. The van der Waals surface area contributed by atoms with Gasteiger partial charge in [0.1, 0.15) is 0 Å². The molecule has 2 nitrogen and oxygen atoms in total. The summed E-state index contributed by atoms with van der Waals surface area (Å²) in [6, 6.07) is 5.87. The number of rotatable bonds is 10. The van der Waals surface area contributed by atoms with Gasteiger partial charge in [-0.15, -0.1) is 11.3 Å². The molecule has 0 aliphatic carbocycles. The molecule has 0 aliphatic rings. The van der Waals surface area contributed by atoms with Gasteiger partial charge in [0, 0.05) is 41.5 Å². The van der Waals surface area contributed by atoms with Gasteiger partial charge in [-0.3, -0.25) is 4.90 Å². The van der Waals surface area contributed by atoms with Crippen molar-refractivity contribution in [2.24, 2.45) is 5.92 Å². The SMILES string of the molecule is CCC(CC)N(Cc1ccc(CNC(C)C)s1)CC(C)C. The van der Waals surface area contributed by atoms with Crippen molar-refractivity contribution in [3.05, 3.63) is 21.9 Å². The largest absolute Gasteiger partial charge is 0.310 e. The van der Waals surface area contributed by atoms with Crippen molar-refractivity contribution in [2.45, 2.75) is 79.6 Å². The van der Waals surface area contributed by atoms with E-state index in [0.29, 0.717) is 12.1 Å². The molecule has 0 unspecified atom stereocenters. The molecule has 1 N–H and O–H groups in total. The molecule has 1 aromatic heterocycles. The minimum Gasteiger partial charge on any atom is -0.310 e. The third-order valence-electron chi connectivity index (χ3n) is 3.82. The van der Waals surface area contributed by atoms with Gasteiger partial charge >= 0.3 is 0 Å². The molecule has 122 valence electrons. The summed E-state index contributed by atoms with van der Waals surface area (Å²) < 4.78 is 0. The van der Waals surface area contributed by atoms with E-state index >= 15 is 0 Å². The maximum Gasteiger partial charge on any atom is 0.0331 e. The van der Waals surface area contributed by atoms with Crippen LogP contribution in [-0.4, -0.2) is 23.5 Å². The monoisotopic (exact) mass is 310 g/mol. The van der Waals surface area contributed by atoms with E-state index in [-0.39, 0.29) is 0 Å².